The number of aliphatic hydroxyl groups excluding tert-OH is 1. The van der Waals surface area contributed by atoms with Gasteiger partial charge in [-0.05, 0) is 38.5 Å². The second-order valence-corrected chi connectivity index (χ2v) is 5.40. The molecule has 0 saturated heterocycles. The van der Waals surface area contributed by atoms with Gasteiger partial charge in [-0.1, -0.05) is 30.3 Å². The highest BCUT2D eigenvalue weighted by atomic mass is 16.3. The predicted molar refractivity (Wildman–Crippen MR) is 82.1 cm³/mol. The molecule has 0 saturated carbocycles. The summed E-state index contributed by atoms with van der Waals surface area (Å²) in [6, 6.07) is 13.0. The fourth-order valence-corrected chi connectivity index (χ4v) is 2.25. The summed E-state index contributed by atoms with van der Waals surface area (Å²) in [5.74, 6) is -0.236. The van der Waals surface area contributed by atoms with Crippen LogP contribution in [0.15, 0.2) is 42.5 Å². The number of benzene rings is 1. The first-order chi connectivity index (χ1) is 9.96. The molecule has 0 fully saturated rings. The van der Waals surface area contributed by atoms with Crippen molar-refractivity contribution in [3.63, 3.8) is 0 Å². The van der Waals surface area contributed by atoms with E-state index >= 15 is 0 Å². The van der Waals surface area contributed by atoms with Gasteiger partial charge in [-0.25, -0.2) is 0 Å². The zero-order valence-electron chi connectivity index (χ0n) is 12.6. The molecule has 0 spiro atoms. The Morgan fingerprint density at radius 2 is 1.86 bits per heavy atom. The third kappa shape index (κ3) is 3.28. The first kappa shape index (κ1) is 15.2. The quantitative estimate of drug-likeness (QED) is 0.906. The van der Waals surface area contributed by atoms with Crippen LogP contribution in [-0.2, 0) is 5.54 Å². The van der Waals surface area contributed by atoms with Gasteiger partial charge in [0.15, 0.2) is 0 Å². The van der Waals surface area contributed by atoms with Crippen molar-refractivity contribution in [2.45, 2.75) is 26.3 Å². The molecule has 0 aliphatic rings. The smallest absolute Gasteiger partial charge is 0.253 e. The maximum Gasteiger partial charge on any atom is 0.253 e. The second-order valence-electron chi connectivity index (χ2n) is 5.40. The molecule has 1 aromatic carbocycles. The lowest BCUT2D eigenvalue weighted by atomic mass is 9.92. The number of carbonyl (C=O) groups excluding carboxylic acids is 1. The summed E-state index contributed by atoms with van der Waals surface area (Å²) in [5, 5.41) is 12.6. The summed E-state index contributed by atoms with van der Waals surface area (Å²) >= 11 is 0. The number of amides is 1. The first-order valence-electron chi connectivity index (χ1n) is 6.89. The number of nitrogens with one attached hydrogen (secondary N) is 1. The average Bonchev–Trinajstić information content (AvgIpc) is 2.47. The molecule has 2 rings (SSSR count). The van der Waals surface area contributed by atoms with Crippen LogP contribution in [0, 0.1) is 13.8 Å². The van der Waals surface area contributed by atoms with E-state index in [0.29, 0.717) is 11.3 Å². The molecule has 4 nitrogen and oxygen atoms in total. The van der Waals surface area contributed by atoms with Crippen LogP contribution >= 0.6 is 0 Å². The van der Waals surface area contributed by atoms with Crippen LogP contribution in [0.2, 0.25) is 0 Å². The van der Waals surface area contributed by atoms with Gasteiger partial charge in [0, 0.05) is 5.69 Å². The highest BCUT2D eigenvalue weighted by Crippen LogP contribution is 2.21. The third-order valence-electron chi connectivity index (χ3n) is 3.59. The lowest BCUT2D eigenvalue weighted by Gasteiger charge is -2.29. The van der Waals surface area contributed by atoms with Crippen LogP contribution in [-0.4, -0.2) is 22.6 Å². The maximum absolute atomic E-state index is 12.5. The van der Waals surface area contributed by atoms with E-state index in [4.69, 9.17) is 0 Å². The van der Waals surface area contributed by atoms with Gasteiger partial charge in [0.05, 0.1) is 23.4 Å². The fraction of sp³-hybridized carbons (Fsp3) is 0.294. The summed E-state index contributed by atoms with van der Waals surface area (Å²) in [7, 11) is 0. The Morgan fingerprint density at radius 1 is 1.19 bits per heavy atom. The minimum Gasteiger partial charge on any atom is -0.394 e. The van der Waals surface area contributed by atoms with Gasteiger partial charge in [-0.2, -0.15) is 0 Å². The minimum atomic E-state index is -0.824. The molecule has 110 valence electrons. The van der Waals surface area contributed by atoms with Crippen molar-refractivity contribution in [2.24, 2.45) is 0 Å². The normalized spacial score (nSPS) is 13.5. The van der Waals surface area contributed by atoms with Crippen molar-refractivity contribution in [1.29, 1.82) is 0 Å². The molecule has 1 aromatic heterocycles. The molecule has 0 aliphatic carbocycles. The Labute approximate surface area is 124 Å². The Hall–Kier alpha value is -2.20. The Kier molecular flexibility index (Phi) is 4.38. The third-order valence-corrected chi connectivity index (χ3v) is 3.59. The van der Waals surface area contributed by atoms with E-state index in [1.807, 2.05) is 37.3 Å². The molecule has 4 heteroatoms. The predicted octanol–water partition coefficient (Wildman–Crippen LogP) is 2.34. The first-order valence-corrected chi connectivity index (χ1v) is 6.89. The number of aromatic nitrogens is 1. The van der Waals surface area contributed by atoms with Crippen molar-refractivity contribution in [1.82, 2.24) is 10.3 Å². The molecule has 0 aliphatic heterocycles. The molecule has 1 amide bonds. The molecule has 1 atom stereocenters. The topological polar surface area (TPSA) is 62.2 Å². The van der Waals surface area contributed by atoms with E-state index < -0.39 is 5.54 Å². The van der Waals surface area contributed by atoms with Crippen LogP contribution < -0.4 is 5.32 Å². The lowest BCUT2D eigenvalue weighted by molar-refractivity contribution is 0.0848. The maximum atomic E-state index is 12.5. The summed E-state index contributed by atoms with van der Waals surface area (Å²) in [4.78, 5) is 16.8. The Bertz CT molecular complexity index is 640. The van der Waals surface area contributed by atoms with Crippen molar-refractivity contribution in [3.05, 3.63) is 65.0 Å². The zero-order chi connectivity index (χ0) is 15.5. The van der Waals surface area contributed by atoms with Gasteiger partial charge >= 0.3 is 0 Å². The molecule has 21 heavy (non-hydrogen) atoms. The number of rotatable bonds is 4. The molecule has 1 heterocycles. The highest BCUT2D eigenvalue weighted by Gasteiger charge is 2.28. The van der Waals surface area contributed by atoms with E-state index in [1.54, 1.807) is 26.0 Å². The average molecular weight is 284 g/mol. The minimum absolute atomic E-state index is 0.179. The van der Waals surface area contributed by atoms with Gasteiger partial charge in [-0.15, -0.1) is 0 Å². The van der Waals surface area contributed by atoms with Crippen molar-refractivity contribution in [2.75, 3.05) is 6.61 Å². The number of hydrogen-bond donors (Lipinski definition) is 2. The van der Waals surface area contributed by atoms with Gasteiger partial charge in [0.1, 0.15) is 0 Å². The molecule has 1 unspecified atom stereocenters. The summed E-state index contributed by atoms with van der Waals surface area (Å²) < 4.78 is 0. The second kappa shape index (κ2) is 6.06. The molecule has 2 aromatic rings. The summed E-state index contributed by atoms with van der Waals surface area (Å²) in [6.07, 6.45) is 0. The standard InChI is InChI=1S/C17H20N2O2/c1-12-9-10-15(13(2)18-12)16(21)19-17(3,11-20)14-7-5-4-6-8-14/h4-10,20H,11H2,1-3H3,(H,19,21). The zero-order valence-corrected chi connectivity index (χ0v) is 12.6. The SMILES string of the molecule is Cc1ccc(C(=O)NC(C)(CO)c2ccccc2)c(C)n1. The van der Waals surface area contributed by atoms with E-state index in [-0.39, 0.29) is 12.5 Å². The lowest BCUT2D eigenvalue weighted by Crippen LogP contribution is -2.46. The van der Waals surface area contributed by atoms with E-state index in [0.717, 1.165) is 11.3 Å². The van der Waals surface area contributed by atoms with Crippen LogP contribution in [0.5, 0.6) is 0 Å². The fourth-order valence-electron chi connectivity index (χ4n) is 2.25. The number of aliphatic hydroxyl groups is 1. The number of carbonyl (C=O) groups is 1. The van der Waals surface area contributed by atoms with Crippen molar-refractivity contribution >= 4 is 5.91 Å². The number of hydrogen-bond acceptors (Lipinski definition) is 3. The van der Waals surface area contributed by atoms with Gasteiger partial charge < -0.3 is 10.4 Å². The highest BCUT2D eigenvalue weighted by molar-refractivity contribution is 5.95. The van der Waals surface area contributed by atoms with Crippen molar-refractivity contribution < 1.29 is 9.90 Å². The number of pyridine rings is 1. The molecule has 0 bridgehead atoms. The van der Waals surface area contributed by atoms with Crippen LogP contribution in [0.1, 0.15) is 34.2 Å². The van der Waals surface area contributed by atoms with Gasteiger partial charge in [0.2, 0.25) is 0 Å². The van der Waals surface area contributed by atoms with E-state index in [9.17, 15) is 9.90 Å². The summed E-state index contributed by atoms with van der Waals surface area (Å²) in [5.41, 5.74) is 2.11. The monoisotopic (exact) mass is 284 g/mol. The molecule has 2 N–H and O–H groups in total. The molecular formula is C17H20N2O2. The van der Waals surface area contributed by atoms with Crippen molar-refractivity contribution in [3.8, 4) is 0 Å². The Balaban J connectivity index is 2.28. The van der Waals surface area contributed by atoms with Crippen LogP contribution in [0.3, 0.4) is 0 Å². The van der Waals surface area contributed by atoms with Gasteiger partial charge in [-0.3, -0.25) is 9.78 Å². The van der Waals surface area contributed by atoms with Gasteiger partial charge in [0.25, 0.3) is 5.91 Å². The van der Waals surface area contributed by atoms with E-state index in [2.05, 4.69) is 10.3 Å². The largest absolute Gasteiger partial charge is 0.394 e. The molecule has 0 radical (unpaired) electrons. The van der Waals surface area contributed by atoms with E-state index in [1.165, 1.54) is 0 Å². The van der Waals surface area contributed by atoms with Crippen LogP contribution in [0.25, 0.3) is 0 Å². The summed E-state index contributed by atoms with van der Waals surface area (Å²) in [6.45, 7) is 5.31. The number of nitrogens with zero attached hydrogens (tertiary/aromatic N) is 1. The number of aryl methyl sites for hydroxylation is 2. The van der Waals surface area contributed by atoms with Crippen LogP contribution in [0.4, 0.5) is 0 Å². The molecular weight excluding hydrogens is 264 g/mol. The Morgan fingerprint density at radius 3 is 2.43 bits per heavy atom.